The molecular formula is C32H38N4O2. The maximum Gasteiger partial charge on any atom is 0.245 e. The van der Waals surface area contributed by atoms with E-state index in [-0.39, 0.29) is 24.0 Å². The Hall–Kier alpha value is -3.64. The number of hydrogen-bond acceptors (Lipinski definition) is 5. The maximum atomic E-state index is 13.9. The number of anilines is 3. The molecule has 0 radical (unpaired) electrons. The summed E-state index contributed by atoms with van der Waals surface area (Å²) in [5, 5.41) is 16.8. The van der Waals surface area contributed by atoms with Crippen molar-refractivity contribution in [3.63, 3.8) is 0 Å². The summed E-state index contributed by atoms with van der Waals surface area (Å²) in [5.74, 6) is 0.572. The number of aromatic nitrogens is 1. The number of amides is 1. The third kappa shape index (κ3) is 5.91. The van der Waals surface area contributed by atoms with Gasteiger partial charge in [-0.3, -0.25) is 9.78 Å². The van der Waals surface area contributed by atoms with Crippen molar-refractivity contribution in [3.8, 4) is 0 Å². The summed E-state index contributed by atoms with van der Waals surface area (Å²) < 4.78 is 0. The molecule has 1 aromatic heterocycles. The lowest BCUT2D eigenvalue weighted by Gasteiger charge is -2.40. The van der Waals surface area contributed by atoms with E-state index in [4.69, 9.17) is 0 Å². The normalized spacial score (nSPS) is 16.5. The van der Waals surface area contributed by atoms with Crippen LogP contribution in [0.15, 0.2) is 79.1 Å². The van der Waals surface area contributed by atoms with Crippen LogP contribution in [0.4, 0.5) is 17.1 Å². The highest BCUT2D eigenvalue weighted by Crippen LogP contribution is 2.36. The zero-order chi connectivity index (χ0) is 26.5. The number of nitrogens with zero attached hydrogens (tertiary/aromatic N) is 2. The number of aliphatic hydroxyl groups excluding tert-OH is 1. The average molecular weight is 511 g/mol. The fraction of sp³-hybridized carbons (Fsp3) is 0.375. The second-order valence-corrected chi connectivity index (χ2v) is 11.2. The van der Waals surface area contributed by atoms with E-state index in [2.05, 4.69) is 59.8 Å². The van der Waals surface area contributed by atoms with Gasteiger partial charge in [-0.25, -0.2) is 0 Å². The first-order valence-electron chi connectivity index (χ1n) is 13.6. The van der Waals surface area contributed by atoms with Crippen molar-refractivity contribution < 1.29 is 9.90 Å². The van der Waals surface area contributed by atoms with Crippen molar-refractivity contribution in [1.82, 2.24) is 9.88 Å². The number of likely N-dealkylation sites (tertiary alicyclic amines) is 1. The van der Waals surface area contributed by atoms with Gasteiger partial charge in [0.15, 0.2) is 0 Å². The van der Waals surface area contributed by atoms with Crippen molar-refractivity contribution in [1.29, 1.82) is 0 Å². The predicted molar refractivity (Wildman–Crippen MR) is 154 cm³/mol. The summed E-state index contributed by atoms with van der Waals surface area (Å²) in [6.07, 6.45) is 9.21. The standard InChI is InChI=1S/C32H38N4O2/c1-32(2,22-37)25-15-19-36(20-16-25)31(38)30(21-24-8-7-23-5-3-4-6-29(23)24)35-27-11-9-26(10-12-27)34-28-13-17-33-18-14-28/h3-6,8-14,17-18,25,30,35,37H,7,15-16,19-22H2,1-2H3,(H,33,34). The fourth-order valence-electron chi connectivity index (χ4n) is 5.65. The van der Waals surface area contributed by atoms with Crippen LogP contribution in [-0.2, 0) is 11.2 Å². The van der Waals surface area contributed by atoms with Gasteiger partial charge in [0.2, 0.25) is 5.91 Å². The van der Waals surface area contributed by atoms with Gasteiger partial charge in [-0.2, -0.15) is 0 Å². The Morgan fingerprint density at radius 3 is 2.37 bits per heavy atom. The lowest BCUT2D eigenvalue weighted by molar-refractivity contribution is -0.134. The third-order valence-corrected chi connectivity index (χ3v) is 8.17. The third-order valence-electron chi connectivity index (χ3n) is 8.17. The van der Waals surface area contributed by atoms with Gasteiger partial charge in [-0.15, -0.1) is 0 Å². The Morgan fingerprint density at radius 2 is 1.66 bits per heavy atom. The molecule has 1 aliphatic carbocycles. The Bertz CT molecular complexity index is 1260. The number of aliphatic hydroxyl groups is 1. The molecule has 1 atom stereocenters. The minimum absolute atomic E-state index is 0.114. The molecule has 2 aromatic carbocycles. The molecule has 1 aliphatic heterocycles. The fourth-order valence-corrected chi connectivity index (χ4v) is 5.65. The predicted octanol–water partition coefficient (Wildman–Crippen LogP) is 5.89. The van der Waals surface area contributed by atoms with E-state index in [9.17, 15) is 9.90 Å². The molecule has 2 heterocycles. The zero-order valence-electron chi connectivity index (χ0n) is 22.4. The van der Waals surface area contributed by atoms with Gasteiger partial charge in [0.1, 0.15) is 6.04 Å². The molecule has 3 aromatic rings. The molecule has 3 N–H and O–H groups in total. The lowest BCUT2D eigenvalue weighted by Crippen LogP contribution is -2.48. The number of hydrogen-bond donors (Lipinski definition) is 3. The molecule has 198 valence electrons. The topological polar surface area (TPSA) is 77.5 Å². The van der Waals surface area contributed by atoms with Crippen LogP contribution in [-0.4, -0.2) is 46.6 Å². The van der Waals surface area contributed by atoms with Crippen LogP contribution in [0, 0.1) is 11.3 Å². The molecule has 1 amide bonds. The lowest BCUT2D eigenvalue weighted by atomic mass is 9.74. The van der Waals surface area contributed by atoms with E-state index in [1.807, 2.05) is 41.3 Å². The van der Waals surface area contributed by atoms with Crippen molar-refractivity contribution in [3.05, 3.63) is 90.3 Å². The first-order chi connectivity index (χ1) is 18.4. The number of carbonyl (C=O) groups excluding carboxylic acids is 1. The van der Waals surface area contributed by atoms with Crippen LogP contribution in [0.25, 0.3) is 5.57 Å². The minimum Gasteiger partial charge on any atom is -0.396 e. The van der Waals surface area contributed by atoms with E-state index in [0.29, 0.717) is 12.3 Å². The second kappa shape index (κ2) is 11.4. The number of fused-ring (bicyclic) bond motifs is 1. The van der Waals surface area contributed by atoms with Gasteiger partial charge in [-0.05, 0) is 83.7 Å². The average Bonchev–Trinajstić information content (AvgIpc) is 3.36. The van der Waals surface area contributed by atoms with Crippen LogP contribution >= 0.6 is 0 Å². The molecule has 5 rings (SSSR count). The highest BCUT2D eigenvalue weighted by molar-refractivity contribution is 5.88. The van der Waals surface area contributed by atoms with Crippen molar-refractivity contribution in [2.45, 2.75) is 45.6 Å². The monoisotopic (exact) mass is 510 g/mol. The van der Waals surface area contributed by atoms with Gasteiger partial charge in [-0.1, -0.05) is 44.2 Å². The molecule has 38 heavy (non-hydrogen) atoms. The molecule has 1 saturated heterocycles. The number of piperidine rings is 1. The van der Waals surface area contributed by atoms with Crippen LogP contribution in [0.2, 0.25) is 0 Å². The van der Waals surface area contributed by atoms with Crippen molar-refractivity contribution in [2.24, 2.45) is 11.3 Å². The number of pyridine rings is 1. The zero-order valence-corrected chi connectivity index (χ0v) is 22.4. The first-order valence-corrected chi connectivity index (χ1v) is 13.6. The quantitative estimate of drug-likeness (QED) is 0.334. The van der Waals surface area contributed by atoms with E-state index in [1.54, 1.807) is 12.4 Å². The molecule has 6 heteroatoms. The van der Waals surface area contributed by atoms with E-state index < -0.39 is 0 Å². The van der Waals surface area contributed by atoms with Gasteiger partial charge in [0.25, 0.3) is 0 Å². The summed E-state index contributed by atoms with van der Waals surface area (Å²) in [7, 11) is 0. The Morgan fingerprint density at radius 1 is 1.00 bits per heavy atom. The smallest absolute Gasteiger partial charge is 0.245 e. The number of rotatable bonds is 9. The molecule has 0 spiro atoms. The summed E-state index contributed by atoms with van der Waals surface area (Å²) in [5.41, 5.74) is 6.58. The van der Waals surface area contributed by atoms with E-state index >= 15 is 0 Å². The Kier molecular flexibility index (Phi) is 7.79. The van der Waals surface area contributed by atoms with Crippen molar-refractivity contribution >= 4 is 28.5 Å². The largest absolute Gasteiger partial charge is 0.396 e. The molecule has 0 saturated carbocycles. The molecule has 1 fully saturated rings. The van der Waals surface area contributed by atoms with Gasteiger partial charge in [0, 0.05) is 55.6 Å². The molecule has 0 bridgehead atoms. The number of nitrogens with one attached hydrogen (secondary N) is 2. The summed E-state index contributed by atoms with van der Waals surface area (Å²) in [6.45, 7) is 5.88. The van der Waals surface area contributed by atoms with Crippen LogP contribution in [0.5, 0.6) is 0 Å². The van der Waals surface area contributed by atoms with Crippen LogP contribution in [0.1, 0.15) is 44.2 Å². The van der Waals surface area contributed by atoms with Gasteiger partial charge < -0.3 is 20.6 Å². The van der Waals surface area contributed by atoms with E-state index in [1.165, 1.54) is 16.7 Å². The number of allylic oxidation sites excluding steroid dienone is 1. The highest BCUT2D eigenvalue weighted by atomic mass is 16.3. The maximum absolute atomic E-state index is 13.9. The SMILES string of the molecule is CC(C)(CO)C1CCN(C(=O)C(CC2=CCc3ccccc32)Nc2ccc(Nc3ccncc3)cc2)CC1. The molecule has 2 aliphatic rings. The number of carbonyl (C=O) groups is 1. The molecular weight excluding hydrogens is 472 g/mol. The second-order valence-electron chi connectivity index (χ2n) is 11.2. The first kappa shape index (κ1) is 26.0. The van der Waals surface area contributed by atoms with E-state index in [0.717, 1.165) is 49.4 Å². The Balaban J connectivity index is 1.31. The minimum atomic E-state index is -0.353. The Labute approximate surface area is 225 Å². The van der Waals surface area contributed by atoms with Crippen molar-refractivity contribution in [2.75, 3.05) is 30.3 Å². The van der Waals surface area contributed by atoms with Gasteiger partial charge in [0.05, 0.1) is 0 Å². The molecule has 6 nitrogen and oxygen atoms in total. The summed E-state index contributed by atoms with van der Waals surface area (Å²) >= 11 is 0. The highest BCUT2D eigenvalue weighted by Gasteiger charge is 2.35. The summed E-state index contributed by atoms with van der Waals surface area (Å²) in [4.78, 5) is 20.0. The van der Waals surface area contributed by atoms with Gasteiger partial charge >= 0.3 is 0 Å². The van der Waals surface area contributed by atoms with Crippen LogP contribution < -0.4 is 10.6 Å². The molecule has 1 unspecified atom stereocenters. The van der Waals surface area contributed by atoms with Crippen LogP contribution in [0.3, 0.4) is 0 Å². The number of benzene rings is 2. The summed E-state index contributed by atoms with van der Waals surface area (Å²) in [6, 6.07) is 20.1.